The largest absolute Gasteiger partial charge is 0.496 e. The van der Waals surface area contributed by atoms with E-state index >= 15 is 0 Å². The van der Waals surface area contributed by atoms with E-state index < -0.39 is 11.4 Å². The monoisotopic (exact) mass is 227 g/mol. The summed E-state index contributed by atoms with van der Waals surface area (Å²) < 4.78 is 23.7. The number of benzene rings is 1. The lowest BCUT2D eigenvalue weighted by Crippen LogP contribution is -2.57. The van der Waals surface area contributed by atoms with Gasteiger partial charge in [0, 0.05) is 13.1 Å². The Kier molecular flexibility index (Phi) is 2.73. The Bertz CT molecular complexity index is 404. The highest BCUT2D eigenvalue weighted by atomic mass is 19.1. The normalized spacial score (nSPS) is 17.8. The van der Waals surface area contributed by atoms with Crippen LogP contribution in [0.3, 0.4) is 0 Å². The molecule has 0 aliphatic carbocycles. The maximum absolute atomic E-state index is 13.5. The first-order chi connectivity index (χ1) is 7.62. The van der Waals surface area contributed by atoms with Gasteiger partial charge in [0.15, 0.2) is 11.6 Å². The molecule has 1 aliphatic heterocycles. The highest BCUT2D eigenvalue weighted by molar-refractivity contribution is 5.51. The van der Waals surface area contributed by atoms with Crippen LogP contribution in [0.1, 0.15) is 5.56 Å². The molecule has 0 spiro atoms. The fourth-order valence-electron chi connectivity index (χ4n) is 1.89. The van der Waals surface area contributed by atoms with Gasteiger partial charge in [-0.3, -0.25) is 0 Å². The summed E-state index contributed by atoms with van der Waals surface area (Å²) >= 11 is 0. The Morgan fingerprint density at radius 3 is 2.44 bits per heavy atom. The van der Waals surface area contributed by atoms with Gasteiger partial charge in [-0.1, -0.05) is 0 Å². The molecule has 0 aromatic heterocycles. The lowest BCUT2D eigenvalue weighted by molar-refractivity contribution is -0.0187. The van der Waals surface area contributed by atoms with Crippen molar-refractivity contribution in [3.05, 3.63) is 23.5 Å². The third-order valence-electron chi connectivity index (χ3n) is 2.80. The van der Waals surface area contributed by atoms with E-state index in [1.807, 2.05) is 0 Å². The van der Waals surface area contributed by atoms with Gasteiger partial charge in [-0.2, -0.15) is 0 Å². The van der Waals surface area contributed by atoms with Crippen LogP contribution >= 0.6 is 0 Å². The molecule has 0 radical (unpaired) electrons. The molecular formula is C11H14FNO3. The fourth-order valence-corrected chi connectivity index (χ4v) is 1.89. The topological polar surface area (TPSA) is 50.7 Å². The minimum Gasteiger partial charge on any atom is -0.496 e. The number of nitrogens with one attached hydrogen (secondary N) is 1. The van der Waals surface area contributed by atoms with Gasteiger partial charge < -0.3 is 19.9 Å². The second-order valence-electron chi connectivity index (χ2n) is 3.79. The lowest BCUT2D eigenvalue weighted by Gasteiger charge is -2.39. The smallest absolute Gasteiger partial charge is 0.165 e. The zero-order chi connectivity index (χ0) is 11.8. The van der Waals surface area contributed by atoms with Crippen molar-refractivity contribution in [3.8, 4) is 11.5 Å². The summed E-state index contributed by atoms with van der Waals surface area (Å²) in [5.41, 5.74) is -0.741. The third kappa shape index (κ3) is 1.52. The van der Waals surface area contributed by atoms with Gasteiger partial charge in [-0.25, -0.2) is 4.39 Å². The molecule has 0 bridgehead atoms. The van der Waals surface area contributed by atoms with E-state index in [1.54, 1.807) is 0 Å². The van der Waals surface area contributed by atoms with Gasteiger partial charge in [-0.05, 0) is 12.1 Å². The molecule has 1 aromatic carbocycles. The van der Waals surface area contributed by atoms with Crippen molar-refractivity contribution in [2.75, 3.05) is 27.3 Å². The van der Waals surface area contributed by atoms with E-state index in [1.165, 1.54) is 26.4 Å². The molecule has 0 amide bonds. The van der Waals surface area contributed by atoms with Gasteiger partial charge in [0.2, 0.25) is 0 Å². The van der Waals surface area contributed by atoms with Crippen molar-refractivity contribution in [2.45, 2.75) is 5.60 Å². The van der Waals surface area contributed by atoms with Crippen LogP contribution in [0.5, 0.6) is 11.5 Å². The molecular weight excluding hydrogens is 213 g/mol. The van der Waals surface area contributed by atoms with Gasteiger partial charge in [0.1, 0.15) is 11.4 Å². The van der Waals surface area contributed by atoms with Crippen molar-refractivity contribution in [2.24, 2.45) is 0 Å². The molecule has 5 heteroatoms. The average Bonchev–Trinajstić information content (AvgIpc) is 2.25. The number of aliphatic hydroxyl groups is 1. The molecule has 1 aliphatic rings. The average molecular weight is 227 g/mol. The Hall–Kier alpha value is -1.33. The zero-order valence-corrected chi connectivity index (χ0v) is 9.21. The maximum atomic E-state index is 13.5. The van der Waals surface area contributed by atoms with Gasteiger partial charge in [-0.15, -0.1) is 0 Å². The van der Waals surface area contributed by atoms with Gasteiger partial charge in [0.05, 0.1) is 19.8 Å². The molecule has 2 N–H and O–H groups in total. The van der Waals surface area contributed by atoms with E-state index in [9.17, 15) is 9.50 Å². The van der Waals surface area contributed by atoms with Crippen molar-refractivity contribution < 1.29 is 19.0 Å². The van der Waals surface area contributed by atoms with E-state index in [0.29, 0.717) is 24.4 Å². The quantitative estimate of drug-likeness (QED) is 0.795. The molecule has 0 saturated carbocycles. The molecule has 1 heterocycles. The maximum Gasteiger partial charge on any atom is 0.165 e. The standard InChI is InChI=1S/C11H14FNO3/c1-15-8-4-3-7(12)10(16-2)9(8)11(14)5-13-6-11/h3-4,13-14H,5-6H2,1-2H3. The van der Waals surface area contributed by atoms with E-state index in [0.717, 1.165) is 0 Å². The molecule has 16 heavy (non-hydrogen) atoms. The second-order valence-corrected chi connectivity index (χ2v) is 3.79. The minimum absolute atomic E-state index is 0.0448. The van der Waals surface area contributed by atoms with Crippen molar-refractivity contribution in [1.29, 1.82) is 0 Å². The van der Waals surface area contributed by atoms with Gasteiger partial charge in [0.25, 0.3) is 0 Å². The number of β-amino-alcohol motifs (C(OH)–C–C–N with tert-alkyl or cyclic N) is 1. The lowest BCUT2D eigenvalue weighted by atomic mass is 9.86. The predicted octanol–water partition coefficient (Wildman–Crippen LogP) is 0.634. The van der Waals surface area contributed by atoms with E-state index in [-0.39, 0.29) is 5.75 Å². The van der Waals surface area contributed by atoms with Crippen LogP contribution in [0.25, 0.3) is 0 Å². The first-order valence-electron chi connectivity index (χ1n) is 4.96. The summed E-state index contributed by atoms with van der Waals surface area (Å²) in [4.78, 5) is 0. The summed E-state index contributed by atoms with van der Waals surface area (Å²) in [6, 6.07) is 2.75. The first-order valence-corrected chi connectivity index (χ1v) is 4.96. The Morgan fingerprint density at radius 2 is 2.00 bits per heavy atom. The summed E-state index contributed by atoms with van der Waals surface area (Å²) in [5.74, 6) is -0.0239. The van der Waals surface area contributed by atoms with Crippen LogP contribution in [0, 0.1) is 5.82 Å². The first kappa shape index (κ1) is 11.2. The summed E-state index contributed by atoms with van der Waals surface area (Å²) in [7, 11) is 2.85. The van der Waals surface area contributed by atoms with Crippen LogP contribution in [0.4, 0.5) is 4.39 Å². The Morgan fingerprint density at radius 1 is 1.31 bits per heavy atom. The number of hydrogen-bond acceptors (Lipinski definition) is 4. The number of hydrogen-bond donors (Lipinski definition) is 2. The number of methoxy groups -OCH3 is 2. The fraction of sp³-hybridized carbons (Fsp3) is 0.455. The molecule has 0 unspecified atom stereocenters. The predicted molar refractivity (Wildman–Crippen MR) is 56.3 cm³/mol. The zero-order valence-electron chi connectivity index (χ0n) is 9.21. The number of ether oxygens (including phenoxy) is 2. The van der Waals surface area contributed by atoms with Crippen molar-refractivity contribution in [3.63, 3.8) is 0 Å². The summed E-state index contributed by atoms with van der Waals surface area (Å²) in [6.45, 7) is 0.729. The van der Waals surface area contributed by atoms with Crippen LogP contribution in [0.2, 0.25) is 0 Å². The molecule has 88 valence electrons. The molecule has 4 nitrogen and oxygen atoms in total. The van der Waals surface area contributed by atoms with Crippen LogP contribution in [0.15, 0.2) is 12.1 Å². The van der Waals surface area contributed by atoms with Crippen LogP contribution in [-0.4, -0.2) is 32.4 Å². The van der Waals surface area contributed by atoms with Crippen LogP contribution < -0.4 is 14.8 Å². The summed E-state index contributed by atoms with van der Waals surface area (Å²) in [6.07, 6.45) is 0. The van der Waals surface area contributed by atoms with Gasteiger partial charge >= 0.3 is 0 Å². The molecule has 1 fully saturated rings. The minimum atomic E-state index is -1.11. The van der Waals surface area contributed by atoms with Crippen molar-refractivity contribution >= 4 is 0 Å². The highest BCUT2D eigenvalue weighted by Crippen LogP contribution is 2.41. The molecule has 2 rings (SSSR count). The number of rotatable bonds is 3. The van der Waals surface area contributed by atoms with Crippen LogP contribution in [-0.2, 0) is 5.60 Å². The van der Waals surface area contributed by atoms with Crippen molar-refractivity contribution in [1.82, 2.24) is 5.32 Å². The van der Waals surface area contributed by atoms with E-state index in [4.69, 9.17) is 9.47 Å². The molecule has 1 saturated heterocycles. The molecule has 0 atom stereocenters. The Labute approximate surface area is 93.0 Å². The SMILES string of the molecule is COc1ccc(F)c(OC)c1C1(O)CNC1. The summed E-state index contributed by atoms with van der Waals surface area (Å²) in [5, 5.41) is 13.2. The second kappa shape index (κ2) is 3.92. The number of halogens is 1. The molecule has 1 aromatic rings. The third-order valence-corrected chi connectivity index (χ3v) is 2.80. The highest BCUT2D eigenvalue weighted by Gasteiger charge is 2.42. The van der Waals surface area contributed by atoms with E-state index in [2.05, 4.69) is 5.32 Å². The Balaban J connectivity index is 2.58.